The molecule has 0 radical (unpaired) electrons. The summed E-state index contributed by atoms with van der Waals surface area (Å²) in [6.07, 6.45) is 0. The molecule has 1 aliphatic rings. The molecular formula is C19H27N5O4S. The van der Waals surface area contributed by atoms with Gasteiger partial charge in [0.05, 0.1) is 14.2 Å². The number of ether oxygens (including phenoxy) is 2. The molecule has 0 unspecified atom stereocenters. The molecule has 10 heteroatoms. The van der Waals surface area contributed by atoms with Crippen molar-refractivity contribution in [2.75, 3.05) is 57.2 Å². The Morgan fingerprint density at radius 3 is 2.41 bits per heavy atom. The fraction of sp³-hybridized carbons (Fsp3) is 0.474. The molecule has 3 rings (SSSR count). The van der Waals surface area contributed by atoms with Crippen LogP contribution in [0.1, 0.15) is 12.7 Å². The fourth-order valence-electron chi connectivity index (χ4n) is 3.27. The van der Waals surface area contributed by atoms with E-state index in [-0.39, 0.29) is 4.90 Å². The van der Waals surface area contributed by atoms with Crippen LogP contribution in [0, 0.1) is 6.92 Å². The molecule has 1 N–H and O–H groups in total. The normalized spacial score (nSPS) is 15.2. The van der Waals surface area contributed by atoms with Crippen LogP contribution in [-0.4, -0.2) is 69.6 Å². The highest BCUT2D eigenvalue weighted by molar-refractivity contribution is 7.89. The van der Waals surface area contributed by atoms with Crippen molar-refractivity contribution in [3.05, 3.63) is 30.1 Å². The van der Waals surface area contributed by atoms with E-state index in [2.05, 4.69) is 20.2 Å². The monoisotopic (exact) mass is 421 g/mol. The average Bonchev–Trinajstić information content (AvgIpc) is 2.73. The number of sulfonamides is 1. The molecule has 0 spiro atoms. The van der Waals surface area contributed by atoms with Crippen molar-refractivity contribution in [2.24, 2.45) is 0 Å². The lowest BCUT2D eigenvalue weighted by Crippen LogP contribution is -2.49. The number of hydrogen-bond acceptors (Lipinski definition) is 8. The number of aryl methyl sites for hydroxylation is 1. The van der Waals surface area contributed by atoms with E-state index >= 15 is 0 Å². The number of piperazine rings is 1. The molecule has 0 saturated carbocycles. The number of hydrogen-bond donors (Lipinski definition) is 1. The van der Waals surface area contributed by atoms with Gasteiger partial charge in [-0.05, 0) is 26.0 Å². The van der Waals surface area contributed by atoms with Crippen molar-refractivity contribution in [3.63, 3.8) is 0 Å². The van der Waals surface area contributed by atoms with Crippen LogP contribution in [-0.2, 0) is 10.0 Å². The van der Waals surface area contributed by atoms with E-state index in [1.54, 1.807) is 12.1 Å². The Bertz CT molecular complexity index is 959. The van der Waals surface area contributed by atoms with Gasteiger partial charge in [0.2, 0.25) is 10.0 Å². The minimum atomic E-state index is -3.71. The van der Waals surface area contributed by atoms with E-state index in [0.717, 1.165) is 18.2 Å². The Labute approximate surface area is 171 Å². The summed E-state index contributed by atoms with van der Waals surface area (Å²) < 4.78 is 38.3. The first-order valence-electron chi connectivity index (χ1n) is 9.45. The van der Waals surface area contributed by atoms with Gasteiger partial charge in [-0.1, -0.05) is 0 Å². The maximum atomic E-state index is 13.2. The number of nitrogens with zero attached hydrogens (tertiary/aromatic N) is 4. The predicted octanol–water partition coefficient (Wildman–Crippen LogP) is 1.74. The van der Waals surface area contributed by atoms with Gasteiger partial charge in [0, 0.05) is 44.9 Å². The molecule has 1 aromatic heterocycles. The summed E-state index contributed by atoms with van der Waals surface area (Å²) in [5, 5.41) is 3.20. The molecule has 1 fully saturated rings. The van der Waals surface area contributed by atoms with Crippen LogP contribution in [0.3, 0.4) is 0 Å². The Balaban J connectivity index is 1.78. The molecule has 1 aliphatic heterocycles. The third-order valence-electron chi connectivity index (χ3n) is 4.73. The molecule has 158 valence electrons. The number of rotatable bonds is 7. The van der Waals surface area contributed by atoms with Crippen molar-refractivity contribution in [1.29, 1.82) is 0 Å². The molecule has 2 heterocycles. The SMILES string of the molecule is CCNc1cc(N2CCN(S(=O)(=O)c3cc(OC)ccc3OC)CC2)nc(C)n1. The summed E-state index contributed by atoms with van der Waals surface area (Å²) in [6.45, 7) is 6.39. The van der Waals surface area contributed by atoms with E-state index in [1.807, 2.05) is 19.9 Å². The number of aromatic nitrogens is 2. The lowest BCUT2D eigenvalue weighted by Gasteiger charge is -2.35. The minimum absolute atomic E-state index is 0.111. The van der Waals surface area contributed by atoms with Gasteiger partial charge < -0.3 is 19.7 Å². The topological polar surface area (TPSA) is 96.9 Å². The van der Waals surface area contributed by atoms with E-state index in [4.69, 9.17) is 9.47 Å². The van der Waals surface area contributed by atoms with Gasteiger partial charge in [0.1, 0.15) is 33.9 Å². The highest BCUT2D eigenvalue weighted by Gasteiger charge is 2.31. The standard InChI is InChI=1S/C19H27N5O4S/c1-5-20-18-13-19(22-14(2)21-18)23-8-10-24(11-9-23)29(25,26)17-12-15(27-3)6-7-16(17)28-4/h6-7,12-13H,5,8-11H2,1-4H3,(H,20,21,22). The Morgan fingerprint density at radius 2 is 1.79 bits per heavy atom. The van der Waals surface area contributed by atoms with Crippen LogP contribution >= 0.6 is 0 Å². The van der Waals surface area contributed by atoms with Crippen LogP contribution < -0.4 is 19.7 Å². The lowest BCUT2D eigenvalue weighted by molar-refractivity contribution is 0.370. The summed E-state index contributed by atoms with van der Waals surface area (Å²) in [6, 6.07) is 6.67. The summed E-state index contributed by atoms with van der Waals surface area (Å²) in [4.78, 5) is 11.1. The van der Waals surface area contributed by atoms with E-state index in [1.165, 1.54) is 24.6 Å². The van der Waals surface area contributed by atoms with E-state index in [9.17, 15) is 8.42 Å². The minimum Gasteiger partial charge on any atom is -0.497 e. The highest BCUT2D eigenvalue weighted by atomic mass is 32.2. The number of benzene rings is 1. The summed E-state index contributed by atoms with van der Waals surface area (Å²) >= 11 is 0. The number of methoxy groups -OCH3 is 2. The zero-order valence-corrected chi connectivity index (χ0v) is 18.0. The second-order valence-electron chi connectivity index (χ2n) is 6.60. The Kier molecular flexibility index (Phi) is 6.43. The van der Waals surface area contributed by atoms with Gasteiger partial charge >= 0.3 is 0 Å². The van der Waals surface area contributed by atoms with Crippen molar-refractivity contribution in [1.82, 2.24) is 14.3 Å². The number of anilines is 2. The molecule has 0 aliphatic carbocycles. The molecule has 0 amide bonds. The van der Waals surface area contributed by atoms with E-state index < -0.39 is 10.0 Å². The van der Waals surface area contributed by atoms with Crippen LogP contribution in [0.5, 0.6) is 11.5 Å². The molecule has 0 atom stereocenters. The first kappa shape index (κ1) is 21.1. The van der Waals surface area contributed by atoms with Crippen molar-refractivity contribution >= 4 is 21.7 Å². The van der Waals surface area contributed by atoms with Crippen molar-refractivity contribution < 1.29 is 17.9 Å². The van der Waals surface area contributed by atoms with Gasteiger partial charge in [-0.15, -0.1) is 0 Å². The van der Waals surface area contributed by atoms with Gasteiger partial charge in [0.15, 0.2) is 0 Å². The molecular weight excluding hydrogens is 394 g/mol. The zero-order valence-electron chi connectivity index (χ0n) is 17.2. The summed E-state index contributed by atoms with van der Waals surface area (Å²) in [5.74, 6) is 3.01. The summed E-state index contributed by atoms with van der Waals surface area (Å²) in [5.41, 5.74) is 0. The van der Waals surface area contributed by atoms with E-state index in [0.29, 0.717) is 43.5 Å². The smallest absolute Gasteiger partial charge is 0.247 e. The van der Waals surface area contributed by atoms with Gasteiger partial charge in [-0.2, -0.15) is 4.31 Å². The van der Waals surface area contributed by atoms with Crippen LogP contribution in [0.25, 0.3) is 0 Å². The first-order valence-corrected chi connectivity index (χ1v) is 10.9. The lowest BCUT2D eigenvalue weighted by atomic mass is 10.3. The third kappa shape index (κ3) is 4.54. The average molecular weight is 422 g/mol. The molecule has 0 bridgehead atoms. The molecule has 29 heavy (non-hydrogen) atoms. The van der Waals surface area contributed by atoms with Crippen molar-refractivity contribution in [2.45, 2.75) is 18.7 Å². The fourth-order valence-corrected chi connectivity index (χ4v) is 4.86. The third-order valence-corrected chi connectivity index (χ3v) is 6.65. The van der Waals surface area contributed by atoms with Gasteiger partial charge in [-0.3, -0.25) is 0 Å². The predicted molar refractivity (Wildman–Crippen MR) is 111 cm³/mol. The number of nitrogens with one attached hydrogen (secondary N) is 1. The highest BCUT2D eigenvalue weighted by Crippen LogP contribution is 2.31. The zero-order chi connectivity index (χ0) is 21.0. The Morgan fingerprint density at radius 1 is 1.07 bits per heavy atom. The van der Waals surface area contributed by atoms with Crippen LogP contribution in [0.4, 0.5) is 11.6 Å². The quantitative estimate of drug-likeness (QED) is 0.722. The second kappa shape index (κ2) is 8.83. The van der Waals surface area contributed by atoms with Gasteiger partial charge in [-0.25, -0.2) is 18.4 Å². The van der Waals surface area contributed by atoms with Crippen LogP contribution in [0.2, 0.25) is 0 Å². The molecule has 2 aromatic rings. The maximum Gasteiger partial charge on any atom is 0.247 e. The van der Waals surface area contributed by atoms with Gasteiger partial charge in [0.25, 0.3) is 0 Å². The molecule has 9 nitrogen and oxygen atoms in total. The maximum absolute atomic E-state index is 13.2. The largest absolute Gasteiger partial charge is 0.497 e. The second-order valence-corrected chi connectivity index (χ2v) is 8.50. The Hall–Kier alpha value is -2.59. The summed E-state index contributed by atoms with van der Waals surface area (Å²) in [7, 11) is -0.753. The van der Waals surface area contributed by atoms with Crippen molar-refractivity contribution in [3.8, 4) is 11.5 Å². The molecule has 1 aromatic carbocycles. The molecule has 1 saturated heterocycles. The van der Waals surface area contributed by atoms with Crippen LogP contribution in [0.15, 0.2) is 29.2 Å². The first-order chi connectivity index (χ1) is 13.9.